The van der Waals surface area contributed by atoms with E-state index in [0.29, 0.717) is 5.82 Å². The molecule has 0 atom stereocenters. The summed E-state index contributed by atoms with van der Waals surface area (Å²) in [4.78, 5) is 16.9. The molecule has 0 bridgehead atoms. The lowest BCUT2D eigenvalue weighted by Crippen LogP contribution is -1.94. The number of nitrogens with two attached hydrogens (primary N) is 1. The minimum absolute atomic E-state index is 0.197. The highest BCUT2D eigenvalue weighted by Gasteiger charge is 2.09. The van der Waals surface area contributed by atoms with Crippen molar-refractivity contribution in [3.8, 4) is 10.4 Å². The maximum atomic E-state index is 5.46. The van der Waals surface area contributed by atoms with E-state index >= 15 is 0 Å². The molecule has 0 aliphatic rings. The SMILES string of the molecule is C=Nc1nc(N)ncc1-c1cnc(C)s1. The molecule has 0 radical (unpaired) electrons. The van der Waals surface area contributed by atoms with Crippen molar-refractivity contribution in [2.24, 2.45) is 4.99 Å². The lowest BCUT2D eigenvalue weighted by atomic mass is 10.3. The van der Waals surface area contributed by atoms with Gasteiger partial charge in [0.15, 0.2) is 5.82 Å². The maximum Gasteiger partial charge on any atom is 0.222 e. The van der Waals surface area contributed by atoms with E-state index in [9.17, 15) is 0 Å². The van der Waals surface area contributed by atoms with Gasteiger partial charge >= 0.3 is 0 Å². The fourth-order valence-electron chi connectivity index (χ4n) is 1.17. The lowest BCUT2D eigenvalue weighted by molar-refractivity contribution is 1.17. The molecule has 6 heteroatoms. The summed E-state index contributed by atoms with van der Waals surface area (Å²) >= 11 is 1.56. The van der Waals surface area contributed by atoms with Crippen LogP contribution in [0.3, 0.4) is 0 Å². The maximum absolute atomic E-state index is 5.46. The van der Waals surface area contributed by atoms with E-state index in [-0.39, 0.29) is 5.95 Å². The number of rotatable bonds is 2. The summed E-state index contributed by atoms with van der Waals surface area (Å²) in [5.74, 6) is 0.688. The Labute approximate surface area is 90.8 Å². The molecule has 2 aromatic rings. The van der Waals surface area contributed by atoms with Crippen molar-refractivity contribution in [2.75, 3.05) is 5.73 Å². The van der Waals surface area contributed by atoms with Gasteiger partial charge in [0.1, 0.15) is 0 Å². The molecule has 0 aliphatic heterocycles. The average molecular weight is 219 g/mol. The van der Waals surface area contributed by atoms with Crippen molar-refractivity contribution in [1.29, 1.82) is 0 Å². The number of hydrogen-bond acceptors (Lipinski definition) is 6. The van der Waals surface area contributed by atoms with Gasteiger partial charge in [0.25, 0.3) is 0 Å². The molecular weight excluding hydrogens is 210 g/mol. The first-order chi connectivity index (χ1) is 7.20. The molecule has 2 N–H and O–H groups in total. The molecule has 2 aromatic heterocycles. The van der Waals surface area contributed by atoms with E-state index < -0.39 is 0 Å². The number of hydrogen-bond donors (Lipinski definition) is 1. The summed E-state index contributed by atoms with van der Waals surface area (Å²) in [6.07, 6.45) is 3.41. The normalized spacial score (nSPS) is 10.2. The van der Waals surface area contributed by atoms with Gasteiger partial charge in [-0.1, -0.05) is 0 Å². The zero-order chi connectivity index (χ0) is 10.8. The highest BCUT2D eigenvalue weighted by molar-refractivity contribution is 7.15. The Morgan fingerprint density at radius 2 is 2.20 bits per heavy atom. The molecule has 76 valence electrons. The van der Waals surface area contributed by atoms with E-state index in [0.717, 1.165) is 15.4 Å². The van der Waals surface area contributed by atoms with Crippen molar-refractivity contribution in [3.63, 3.8) is 0 Å². The van der Waals surface area contributed by atoms with Crippen molar-refractivity contribution in [2.45, 2.75) is 6.92 Å². The Morgan fingerprint density at radius 3 is 2.80 bits per heavy atom. The highest BCUT2D eigenvalue weighted by atomic mass is 32.1. The summed E-state index contributed by atoms with van der Waals surface area (Å²) in [5.41, 5.74) is 6.27. The molecular formula is C9H9N5S. The van der Waals surface area contributed by atoms with E-state index in [2.05, 4.69) is 26.7 Å². The molecule has 15 heavy (non-hydrogen) atoms. The van der Waals surface area contributed by atoms with Crippen molar-refractivity contribution in [3.05, 3.63) is 17.4 Å². The third-order valence-corrected chi connectivity index (χ3v) is 2.77. The number of aromatic nitrogens is 3. The molecule has 2 heterocycles. The molecule has 0 saturated heterocycles. The van der Waals surface area contributed by atoms with Gasteiger partial charge in [-0.25, -0.2) is 15.0 Å². The molecule has 0 aliphatic carbocycles. The smallest absolute Gasteiger partial charge is 0.222 e. The number of aryl methyl sites for hydroxylation is 1. The van der Waals surface area contributed by atoms with E-state index in [1.807, 2.05) is 6.92 Å². The first-order valence-electron chi connectivity index (χ1n) is 4.22. The van der Waals surface area contributed by atoms with Gasteiger partial charge in [0, 0.05) is 12.4 Å². The van der Waals surface area contributed by atoms with Crippen molar-refractivity contribution < 1.29 is 0 Å². The molecule has 0 amide bonds. The number of nitrogen functional groups attached to an aromatic ring is 1. The van der Waals surface area contributed by atoms with Crippen LogP contribution in [0.1, 0.15) is 5.01 Å². The standard InChI is InChI=1S/C9H9N5S/c1-5-12-4-7(15-5)6-3-13-9(10)14-8(6)11-2/h3-4H,2H2,1H3,(H2,10,13,14). The van der Waals surface area contributed by atoms with Crippen LogP contribution in [0.2, 0.25) is 0 Å². The Hall–Kier alpha value is -1.82. The third-order valence-electron chi connectivity index (χ3n) is 1.82. The van der Waals surface area contributed by atoms with Crippen LogP contribution < -0.4 is 5.73 Å². The first kappa shape index (κ1) is 9.72. The largest absolute Gasteiger partial charge is 0.368 e. The number of anilines is 1. The van der Waals surface area contributed by atoms with E-state index in [1.54, 1.807) is 23.7 Å². The topological polar surface area (TPSA) is 77.0 Å². The van der Waals surface area contributed by atoms with Crippen LogP contribution in [-0.2, 0) is 0 Å². The molecule has 5 nitrogen and oxygen atoms in total. The summed E-state index contributed by atoms with van der Waals surface area (Å²) in [7, 11) is 0. The first-order valence-corrected chi connectivity index (χ1v) is 5.04. The minimum Gasteiger partial charge on any atom is -0.368 e. The lowest BCUT2D eigenvalue weighted by Gasteiger charge is -2.00. The predicted octanol–water partition coefficient (Wildman–Crippen LogP) is 1.82. The Kier molecular flexibility index (Phi) is 2.42. The fraction of sp³-hybridized carbons (Fsp3) is 0.111. The van der Waals surface area contributed by atoms with Crippen LogP contribution in [-0.4, -0.2) is 21.7 Å². The quantitative estimate of drug-likeness (QED) is 0.781. The molecule has 0 unspecified atom stereocenters. The second kappa shape index (κ2) is 3.74. The third kappa shape index (κ3) is 1.84. The van der Waals surface area contributed by atoms with Gasteiger partial charge in [-0.2, -0.15) is 4.98 Å². The molecule has 0 aromatic carbocycles. The summed E-state index contributed by atoms with van der Waals surface area (Å²) in [6, 6.07) is 0. The molecule has 0 spiro atoms. The van der Waals surface area contributed by atoms with Gasteiger partial charge in [0.05, 0.1) is 15.4 Å². The Bertz CT molecular complexity index is 505. The van der Waals surface area contributed by atoms with Crippen LogP contribution in [0.25, 0.3) is 10.4 Å². The monoisotopic (exact) mass is 219 g/mol. The van der Waals surface area contributed by atoms with Gasteiger partial charge in [-0.15, -0.1) is 11.3 Å². The van der Waals surface area contributed by atoms with Crippen LogP contribution in [0, 0.1) is 6.92 Å². The Balaban J connectivity index is 2.57. The number of nitrogens with zero attached hydrogens (tertiary/aromatic N) is 4. The van der Waals surface area contributed by atoms with Crippen LogP contribution >= 0.6 is 11.3 Å². The zero-order valence-electron chi connectivity index (χ0n) is 8.14. The Morgan fingerprint density at radius 1 is 1.40 bits per heavy atom. The van der Waals surface area contributed by atoms with Gasteiger partial charge in [0.2, 0.25) is 5.95 Å². The summed E-state index contributed by atoms with van der Waals surface area (Å²) in [6.45, 7) is 5.39. The zero-order valence-corrected chi connectivity index (χ0v) is 8.95. The highest BCUT2D eigenvalue weighted by Crippen LogP contribution is 2.31. The van der Waals surface area contributed by atoms with Gasteiger partial charge < -0.3 is 5.73 Å². The predicted molar refractivity (Wildman–Crippen MR) is 61.5 cm³/mol. The summed E-state index contributed by atoms with van der Waals surface area (Å²) < 4.78 is 0. The minimum atomic E-state index is 0.197. The van der Waals surface area contributed by atoms with Gasteiger partial charge in [-0.05, 0) is 13.6 Å². The van der Waals surface area contributed by atoms with Crippen LogP contribution in [0.4, 0.5) is 11.8 Å². The van der Waals surface area contributed by atoms with Crippen LogP contribution in [0.5, 0.6) is 0 Å². The van der Waals surface area contributed by atoms with E-state index in [4.69, 9.17) is 5.73 Å². The number of thiazole rings is 1. The van der Waals surface area contributed by atoms with E-state index in [1.165, 1.54) is 0 Å². The van der Waals surface area contributed by atoms with Crippen molar-refractivity contribution in [1.82, 2.24) is 15.0 Å². The average Bonchev–Trinajstić information content (AvgIpc) is 2.64. The van der Waals surface area contributed by atoms with Gasteiger partial charge in [-0.3, -0.25) is 0 Å². The molecule has 2 rings (SSSR count). The van der Waals surface area contributed by atoms with Crippen LogP contribution in [0.15, 0.2) is 17.4 Å². The molecule has 0 saturated carbocycles. The fourth-order valence-corrected chi connectivity index (χ4v) is 1.95. The molecule has 0 fully saturated rings. The number of aliphatic imine (C=N–C) groups is 1. The summed E-state index contributed by atoms with van der Waals surface area (Å²) in [5, 5.41) is 0.983. The second-order valence-corrected chi connectivity index (χ2v) is 4.10. The second-order valence-electron chi connectivity index (χ2n) is 2.87. The van der Waals surface area contributed by atoms with Crippen molar-refractivity contribution >= 4 is 29.8 Å².